The molecular weight excluding hydrogens is 234 g/mol. The van der Waals surface area contributed by atoms with Gasteiger partial charge < -0.3 is 4.74 Å². The lowest BCUT2D eigenvalue weighted by atomic mass is 9.92. The van der Waals surface area contributed by atoms with E-state index in [9.17, 15) is 0 Å². The summed E-state index contributed by atoms with van der Waals surface area (Å²) in [6.45, 7) is 7.71. The highest BCUT2D eigenvalue weighted by molar-refractivity contribution is 4.70. The van der Waals surface area contributed by atoms with E-state index in [-0.39, 0.29) is 0 Å². The predicted octanol–water partition coefficient (Wildman–Crippen LogP) is 4.55. The van der Waals surface area contributed by atoms with Crippen LogP contribution in [-0.4, -0.2) is 25.8 Å². The van der Waals surface area contributed by atoms with E-state index >= 15 is 0 Å². The summed E-state index contributed by atoms with van der Waals surface area (Å²) in [4.78, 5) is 0. The van der Waals surface area contributed by atoms with Gasteiger partial charge in [-0.2, -0.15) is 0 Å². The van der Waals surface area contributed by atoms with Crippen molar-refractivity contribution in [2.24, 2.45) is 5.92 Å². The van der Waals surface area contributed by atoms with Gasteiger partial charge in [-0.1, -0.05) is 39.5 Å². The summed E-state index contributed by atoms with van der Waals surface area (Å²) in [5.74, 6) is 0.844. The number of hydrogen-bond donors (Lipinski definition) is 0. The van der Waals surface area contributed by atoms with E-state index in [1.54, 1.807) is 0 Å². The molecule has 1 rings (SSSR count). The van der Waals surface area contributed by atoms with Crippen molar-refractivity contribution in [2.75, 3.05) is 19.7 Å². The van der Waals surface area contributed by atoms with Crippen molar-refractivity contribution >= 4 is 0 Å². The molecule has 1 radical (unpaired) electrons. The highest BCUT2D eigenvalue weighted by Gasteiger charge is 2.16. The zero-order chi connectivity index (χ0) is 13.8. The zero-order valence-corrected chi connectivity index (χ0v) is 13.2. The second-order valence-corrected chi connectivity index (χ2v) is 6.06. The van der Waals surface area contributed by atoms with Gasteiger partial charge in [0, 0.05) is 19.7 Å². The van der Waals surface area contributed by atoms with E-state index in [1.165, 1.54) is 64.2 Å². The summed E-state index contributed by atoms with van der Waals surface area (Å²) >= 11 is 0. The smallest absolute Gasteiger partial charge is 0.0575 e. The molecule has 1 aliphatic heterocycles. The lowest BCUT2D eigenvalue weighted by Gasteiger charge is -2.24. The Balaban J connectivity index is 2.08. The average molecular weight is 268 g/mol. The largest absolute Gasteiger partial charge is 0.378 e. The van der Waals surface area contributed by atoms with Crippen LogP contribution < -0.4 is 5.32 Å². The molecule has 2 nitrogen and oxygen atoms in total. The van der Waals surface area contributed by atoms with Crippen LogP contribution in [0.1, 0.15) is 78.1 Å². The van der Waals surface area contributed by atoms with Crippen LogP contribution >= 0.6 is 0 Å². The molecule has 0 bridgehead atoms. The summed E-state index contributed by atoms with van der Waals surface area (Å²) in [7, 11) is 0. The molecule has 2 unspecified atom stereocenters. The van der Waals surface area contributed by atoms with Crippen LogP contribution in [0, 0.1) is 5.92 Å². The summed E-state index contributed by atoms with van der Waals surface area (Å²) in [6, 6.07) is 0. The maximum atomic E-state index is 6.09. The van der Waals surface area contributed by atoms with E-state index in [1.807, 2.05) is 0 Å². The number of nitrogens with zero attached hydrogens (tertiary/aromatic N) is 1. The third-order valence-electron chi connectivity index (χ3n) is 4.17. The SMILES string of the molecule is CCCCCCOC(CCC)CCC1CCC[N]C1. The summed E-state index contributed by atoms with van der Waals surface area (Å²) < 4.78 is 6.09. The van der Waals surface area contributed by atoms with Crippen LogP contribution in [0.5, 0.6) is 0 Å². The second-order valence-electron chi connectivity index (χ2n) is 6.06. The molecule has 113 valence electrons. The summed E-state index contributed by atoms with van der Waals surface area (Å²) in [6.07, 6.45) is 13.5. The van der Waals surface area contributed by atoms with Crippen LogP contribution in [0.3, 0.4) is 0 Å². The Morgan fingerprint density at radius 3 is 2.68 bits per heavy atom. The Kier molecular flexibility index (Phi) is 10.5. The number of ether oxygens (including phenoxy) is 1. The van der Waals surface area contributed by atoms with E-state index in [0.717, 1.165) is 25.6 Å². The molecule has 0 saturated carbocycles. The normalized spacial score (nSPS) is 21.5. The molecule has 19 heavy (non-hydrogen) atoms. The molecule has 0 aromatic rings. The Morgan fingerprint density at radius 1 is 1.11 bits per heavy atom. The Hall–Kier alpha value is -0.0800. The molecule has 0 amide bonds. The van der Waals surface area contributed by atoms with Crippen LogP contribution in [0.25, 0.3) is 0 Å². The van der Waals surface area contributed by atoms with Gasteiger partial charge in [0.15, 0.2) is 0 Å². The van der Waals surface area contributed by atoms with Crippen LogP contribution in [0.15, 0.2) is 0 Å². The monoisotopic (exact) mass is 268 g/mol. The second kappa shape index (κ2) is 11.7. The fourth-order valence-corrected chi connectivity index (χ4v) is 2.93. The van der Waals surface area contributed by atoms with Crippen molar-refractivity contribution in [3.63, 3.8) is 0 Å². The number of piperidine rings is 1. The van der Waals surface area contributed by atoms with Gasteiger partial charge in [-0.25, -0.2) is 5.32 Å². The number of hydrogen-bond acceptors (Lipinski definition) is 1. The highest BCUT2D eigenvalue weighted by Crippen LogP contribution is 2.20. The van der Waals surface area contributed by atoms with Crippen molar-refractivity contribution in [1.29, 1.82) is 0 Å². The lowest BCUT2D eigenvalue weighted by molar-refractivity contribution is 0.0337. The van der Waals surface area contributed by atoms with Crippen molar-refractivity contribution in [3.8, 4) is 0 Å². The summed E-state index contributed by atoms with van der Waals surface area (Å²) in [5.41, 5.74) is 0. The molecular formula is C17H34NO. The number of rotatable bonds is 11. The van der Waals surface area contributed by atoms with Gasteiger partial charge in [0.05, 0.1) is 6.10 Å². The first-order valence-electron chi connectivity index (χ1n) is 8.61. The Morgan fingerprint density at radius 2 is 2.00 bits per heavy atom. The molecule has 2 atom stereocenters. The van der Waals surface area contributed by atoms with Crippen molar-refractivity contribution < 1.29 is 4.74 Å². The van der Waals surface area contributed by atoms with Crippen LogP contribution in [0.4, 0.5) is 0 Å². The van der Waals surface area contributed by atoms with Crippen molar-refractivity contribution in [2.45, 2.75) is 84.2 Å². The molecule has 1 aliphatic rings. The van der Waals surface area contributed by atoms with Gasteiger partial charge >= 0.3 is 0 Å². The molecule has 1 fully saturated rings. The first-order chi connectivity index (χ1) is 9.36. The minimum Gasteiger partial charge on any atom is -0.378 e. The number of unbranched alkanes of at least 4 members (excludes halogenated alkanes) is 3. The van der Waals surface area contributed by atoms with E-state index in [2.05, 4.69) is 19.2 Å². The van der Waals surface area contributed by atoms with Gasteiger partial charge in [-0.15, -0.1) is 0 Å². The third-order valence-corrected chi connectivity index (χ3v) is 4.17. The molecule has 0 spiro atoms. The molecule has 0 N–H and O–H groups in total. The molecule has 0 aliphatic carbocycles. The topological polar surface area (TPSA) is 23.3 Å². The van der Waals surface area contributed by atoms with Gasteiger partial charge in [-0.05, 0) is 44.4 Å². The standard InChI is InChI=1S/C17H34NO/c1-3-5-6-7-14-19-17(9-4-2)12-11-16-10-8-13-18-15-16/h16-17H,3-15H2,1-2H3. The van der Waals surface area contributed by atoms with Crippen molar-refractivity contribution in [1.82, 2.24) is 5.32 Å². The van der Waals surface area contributed by atoms with E-state index in [0.29, 0.717) is 6.10 Å². The minimum atomic E-state index is 0.508. The first kappa shape index (κ1) is 17.0. The van der Waals surface area contributed by atoms with Gasteiger partial charge in [0.25, 0.3) is 0 Å². The predicted molar refractivity (Wildman–Crippen MR) is 82.6 cm³/mol. The minimum absolute atomic E-state index is 0.508. The highest BCUT2D eigenvalue weighted by atomic mass is 16.5. The van der Waals surface area contributed by atoms with Gasteiger partial charge in [-0.3, -0.25) is 0 Å². The summed E-state index contributed by atoms with van der Waals surface area (Å²) in [5, 5.41) is 4.54. The maximum absolute atomic E-state index is 6.09. The van der Waals surface area contributed by atoms with Crippen LogP contribution in [-0.2, 0) is 4.74 Å². The molecule has 0 aromatic heterocycles. The first-order valence-corrected chi connectivity index (χ1v) is 8.61. The Bertz CT molecular complexity index is 190. The van der Waals surface area contributed by atoms with Gasteiger partial charge in [0.1, 0.15) is 0 Å². The maximum Gasteiger partial charge on any atom is 0.0575 e. The van der Waals surface area contributed by atoms with E-state index < -0.39 is 0 Å². The Labute approximate surface area is 120 Å². The third kappa shape index (κ3) is 8.65. The zero-order valence-electron chi connectivity index (χ0n) is 13.2. The van der Waals surface area contributed by atoms with Crippen molar-refractivity contribution in [3.05, 3.63) is 0 Å². The molecule has 2 heteroatoms. The molecule has 0 aromatic carbocycles. The van der Waals surface area contributed by atoms with Gasteiger partial charge in [0.2, 0.25) is 0 Å². The fraction of sp³-hybridized carbons (Fsp3) is 1.00. The quantitative estimate of drug-likeness (QED) is 0.504. The van der Waals surface area contributed by atoms with E-state index in [4.69, 9.17) is 4.74 Å². The molecule has 1 heterocycles. The average Bonchev–Trinajstić information content (AvgIpc) is 2.45. The fourth-order valence-electron chi connectivity index (χ4n) is 2.93. The lowest BCUT2D eigenvalue weighted by Crippen LogP contribution is -2.25. The van der Waals surface area contributed by atoms with Crippen LogP contribution in [0.2, 0.25) is 0 Å². The molecule has 1 saturated heterocycles.